The van der Waals surface area contributed by atoms with E-state index in [-0.39, 0.29) is 31.2 Å². The summed E-state index contributed by atoms with van der Waals surface area (Å²) < 4.78 is 33.5. The van der Waals surface area contributed by atoms with Crippen molar-refractivity contribution in [1.29, 1.82) is 0 Å². The van der Waals surface area contributed by atoms with Crippen LogP contribution in [0.15, 0.2) is 24.3 Å². The number of carbonyl (C=O) groups is 1. The summed E-state index contributed by atoms with van der Waals surface area (Å²) in [4.78, 5) is 11.3. The van der Waals surface area contributed by atoms with Gasteiger partial charge in [-0.1, -0.05) is 18.2 Å². The molecule has 0 aliphatic heterocycles. The molecule has 0 unspecified atom stereocenters. The van der Waals surface area contributed by atoms with E-state index < -0.39 is 18.6 Å². The Morgan fingerprint density at radius 1 is 1.37 bits per heavy atom. The molecular formula is C12H16ClF2NO3. The van der Waals surface area contributed by atoms with Crippen molar-refractivity contribution in [3.05, 3.63) is 29.8 Å². The van der Waals surface area contributed by atoms with Crippen LogP contribution in [-0.2, 0) is 9.53 Å². The molecule has 0 aliphatic rings. The SMILES string of the molecule is CCOC(=O)C[C@H](N)c1ccccc1OC(F)F.Cl. The molecule has 0 saturated carbocycles. The smallest absolute Gasteiger partial charge is 0.387 e. The number of alkyl halides is 2. The van der Waals surface area contributed by atoms with Crippen LogP contribution in [0.3, 0.4) is 0 Å². The highest BCUT2D eigenvalue weighted by atomic mass is 35.5. The number of hydrogen-bond acceptors (Lipinski definition) is 4. The number of nitrogens with two attached hydrogens (primary N) is 1. The summed E-state index contributed by atoms with van der Waals surface area (Å²) in [5, 5.41) is 0. The van der Waals surface area contributed by atoms with Crippen molar-refractivity contribution in [2.45, 2.75) is 26.0 Å². The maximum atomic E-state index is 12.2. The summed E-state index contributed by atoms with van der Waals surface area (Å²) in [6, 6.07) is 5.38. The van der Waals surface area contributed by atoms with Crippen molar-refractivity contribution >= 4 is 18.4 Å². The monoisotopic (exact) mass is 295 g/mol. The minimum absolute atomic E-state index is 0. The third-order valence-electron chi connectivity index (χ3n) is 2.23. The van der Waals surface area contributed by atoms with E-state index in [4.69, 9.17) is 10.5 Å². The minimum Gasteiger partial charge on any atom is -0.466 e. The Morgan fingerprint density at radius 3 is 2.58 bits per heavy atom. The molecule has 0 spiro atoms. The van der Waals surface area contributed by atoms with Crippen molar-refractivity contribution < 1.29 is 23.0 Å². The van der Waals surface area contributed by atoms with Crippen LogP contribution in [-0.4, -0.2) is 19.2 Å². The molecule has 0 heterocycles. The zero-order chi connectivity index (χ0) is 13.5. The molecule has 0 aliphatic carbocycles. The number of benzene rings is 1. The van der Waals surface area contributed by atoms with E-state index in [1.54, 1.807) is 25.1 Å². The molecule has 4 nitrogen and oxygen atoms in total. The third kappa shape index (κ3) is 5.85. The predicted molar refractivity (Wildman–Crippen MR) is 68.5 cm³/mol. The molecule has 0 bridgehead atoms. The third-order valence-corrected chi connectivity index (χ3v) is 2.23. The van der Waals surface area contributed by atoms with Crippen LogP contribution in [0.2, 0.25) is 0 Å². The second-order valence-corrected chi connectivity index (χ2v) is 3.53. The van der Waals surface area contributed by atoms with E-state index in [9.17, 15) is 13.6 Å². The second-order valence-electron chi connectivity index (χ2n) is 3.53. The standard InChI is InChI=1S/C12H15F2NO3.ClH/c1-2-17-11(16)7-9(15)8-5-3-4-6-10(8)18-12(13)14;/h3-6,9,12H,2,7,15H2,1H3;1H/t9-;/m0./s1. The lowest BCUT2D eigenvalue weighted by Gasteiger charge is -2.15. The van der Waals surface area contributed by atoms with Gasteiger partial charge in [-0.2, -0.15) is 8.78 Å². The lowest BCUT2D eigenvalue weighted by Crippen LogP contribution is -2.18. The van der Waals surface area contributed by atoms with Crippen molar-refractivity contribution in [3.63, 3.8) is 0 Å². The maximum Gasteiger partial charge on any atom is 0.387 e. The molecule has 7 heteroatoms. The fourth-order valence-electron chi connectivity index (χ4n) is 1.50. The Bertz CT molecular complexity index is 404. The number of ether oxygens (including phenoxy) is 2. The van der Waals surface area contributed by atoms with Crippen LogP contribution in [0.1, 0.15) is 24.9 Å². The molecule has 0 amide bonds. The van der Waals surface area contributed by atoms with E-state index in [0.717, 1.165) is 0 Å². The molecule has 19 heavy (non-hydrogen) atoms. The quantitative estimate of drug-likeness (QED) is 0.820. The van der Waals surface area contributed by atoms with Gasteiger partial charge in [-0.3, -0.25) is 4.79 Å². The van der Waals surface area contributed by atoms with Crippen LogP contribution >= 0.6 is 12.4 Å². The zero-order valence-electron chi connectivity index (χ0n) is 10.3. The Morgan fingerprint density at radius 2 is 2.00 bits per heavy atom. The van der Waals surface area contributed by atoms with Gasteiger partial charge in [-0.05, 0) is 13.0 Å². The topological polar surface area (TPSA) is 61.5 Å². The number of carbonyl (C=O) groups excluding carboxylic acids is 1. The molecular weight excluding hydrogens is 280 g/mol. The number of rotatable bonds is 6. The highest BCUT2D eigenvalue weighted by Crippen LogP contribution is 2.27. The van der Waals surface area contributed by atoms with Gasteiger partial charge in [0.25, 0.3) is 0 Å². The van der Waals surface area contributed by atoms with Gasteiger partial charge in [0.15, 0.2) is 0 Å². The molecule has 1 atom stereocenters. The van der Waals surface area contributed by atoms with Crippen molar-refractivity contribution in [2.24, 2.45) is 5.73 Å². The Kier molecular flexibility index (Phi) is 8.02. The molecule has 0 saturated heterocycles. The fourth-order valence-corrected chi connectivity index (χ4v) is 1.50. The Labute approximate surface area is 116 Å². The van der Waals surface area contributed by atoms with Gasteiger partial charge < -0.3 is 15.2 Å². The van der Waals surface area contributed by atoms with Crippen LogP contribution in [0.5, 0.6) is 5.75 Å². The molecule has 2 N–H and O–H groups in total. The summed E-state index contributed by atoms with van der Waals surface area (Å²) in [6.45, 7) is -1.00. The first-order valence-electron chi connectivity index (χ1n) is 5.49. The molecule has 1 aromatic rings. The molecule has 0 fully saturated rings. The molecule has 1 rings (SSSR count). The molecule has 108 valence electrons. The first kappa shape index (κ1) is 17.6. The van der Waals surface area contributed by atoms with E-state index in [0.29, 0.717) is 5.56 Å². The average Bonchev–Trinajstić information content (AvgIpc) is 2.28. The minimum atomic E-state index is -2.93. The molecule has 1 aromatic carbocycles. The number of hydrogen-bond donors (Lipinski definition) is 1. The van der Waals surface area contributed by atoms with E-state index in [2.05, 4.69) is 4.74 Å². The van der Waals surface area contributed by atoms with Crippen molar-refractivity contribution in [3.8, 4) is 5.75 Å². The number of esters is 1. The number of para-hydroxylation sites is 1. The van der Waals surface area contributed by atoms with Crippen LogP contribution < -0.4 is 10.5 Å². The first-order chi connectivity index (χ1) is 8.54. The van der Waals surface area contributed by atoms with Gasteiger partial charge in [0.2, 0.25) is 0 Å². The van der Waals surface area contributed by atoms with Crippen LogP contribution in [0.4, 0.5) is 8.78 Å². The van der Waals surface area contributed by atoms with E-state index in [1.165, 1.54) is 6.07 Å². The summed E-state index contributed by atoms with van der Waals surface area (Å²) in [7, 11) is 0. The van der Waals surface area contributed by atoms with Crippen LogP contribution in [0.25, 0.3) is 0 Å². The highest BCUT2D eigenvalue weighted by molar-refractivity contribution is 5.85. The summed E-state index contributed by atoms with van der Waals surface area (Å²) >= 11 is 0. The maximum absolute atomic E-state index is 12.2. The normalized spacial score (nSPS) is 11.6. The van der Waals surface area contributed by atoms with E-state index in [1.807, 2.05) is 0 Å². The van der Waals surface area contributed by atoms with Gasteiger partial charge in [0, 0.05) is 11.6 Å². The lowest BCUT2D eigenvalue weighted by atomic mass is 10.0. The van der Waals surface area contributed by atoms with Crippen molar-refractivity contribution in [1.82, 2.24) is 0 Å². The average molecular weight is 296 g/mol. The zero-order valence-corrected chi connectivity index (χ0v) is 11.2. The lowest BCUT2D eigenvalue weighted by molar-refractivity contribution is -0.143. The van der Waals surface area contributed by atoms with Crippen LogP contribution in [0, 0.1) is 0 Å². The Hall–Kier alpha value is -1.40. The van der Waals surface area contributed by atoms with Crippen molar-refractivity contribution in [2.75, 3.05) is 6.61 Å². The molecule has 0 radical (unpaired) electrons. The summed E-state index contributed by atoms with van der Waals surface area (Å²) in [6.07, 6.45) is -0.0859. The Balaban J connectivity index is 0.00000324. The predicted octanol–water partition coefficient (Wildman–Crippen LogP) is 2.66. The molecule has 0 aromatic heterocycles. The van der Waals surface area contributed by atoms with Gasteiger partial charge in [-0.25, -0.2) is 0 Å². The van der Waals surface area contributed by atoms with Gasteiger partial charge in [-0.15, -0.1) is 12.4 Å². The van der Waals surface area contributed by atoms with Gasteiger partial charge in [0.05, 0.1) is 13.0 Å². The first-order valence-corrected chi connectivity index (χ1v) is 5.49. The largest absolute Gasteiger partial charge is 0.466 e. The fraction of sp³-hybridized carbons (Fsp3) is 0.417. The summed E-state index contributed by atoms with van der Waals surface area (Å²) in [5.41, 5.74) is 6.13. The van der Waals surface area contributed by atoms with Gasteiger partial charge in [0.1, 0.15) is 5.75 Å². The van der Waals surface area contributed by atoms with E-state index >= 15 is 0 Å². The highest BCUT2D eigenvalue weighted by Gasteiger charge is 2.18. The second kappa shape index (κ2) is 8.66. The number of halogens is 3. The summed E-state index contributed by atoms with van der Waals surface area (Å²) in [5.74, 6) is -0.499. The van der Waals surface area contributed by atoms with Gasteiger partial charge >= 0.3 is 12.6 Å².